The van der Waals surface area contributed by atoms with Gasteiger partial charge in [-0.25, -0.2) is 0 Å². The molecule has 18 heavy (non-hydrogen) atoms. The number of hydrogen-bond acceptors (Lipinski definition) is 4. The highest BCUT2D eigenvalue weighted by Gasteiger charge is 2.02. The Labute approximate surface area is 105 Å². The zero-order valence-corrected chi connectivity index (χ0v) is 9.65. The van der Waals surface area contributed by atoms with Crippen molar-refractivity contribution in [1.82, 2.24) is 0 Å². The summed E-state index contributed by atoms with van der Waals surface area (Å²) in [6.07, 6.45) is 0. The van der Waals surface area contributed by atoms with Crippen molar-refractivity contribution >= 4 is 5.71 Å². The molecule has 0 radical (unpaired) electrons. The third kappa shape index (κ3) is 3.09. The molecule has 0 saturated heterocycles. The van der Waals surface area contributed by atoms with E-state index in [9.17, 15) is 10.2 Å². The van der Waals surface area contributed by atoms with E-state index in [2.05, 4.69) is 5.16 Å². The Hall–Kier alpha value is -2.33. The molecule has 4 heteroatoms. The molecule has 2 N–H and O–H groups in total. The van der Waals surface area contributed by atoms with Gasteiger partial charge in [-0.05, 0) is 12.1 Å². The van der Waals surface area contributed by atoms with Crippen LogP contribution in [0.4, 0.5) is 0 Å². The summed E-state index contributed by atoms with van der Waals surface area (Å²) in [7, 11) is 0. The minimum absolute atomic E-state index is 0.105. The molecule has 2 aromatic rings. The van der Waals surface area contributed by atoms with Crippen LogP contribution in [-0.4, -0.2) is 22.5 Å². The molecular weight excluding hydrogens is 230 g/mol. The predicted octanol–water partition coefficient (Wildman–Crippen LogP) is 2.17. The van der Waals surface area contributed by atoms with E-state index in [0.29, 0.717) is 11.5 Å². The summed E-state index contributed by atoms with van der Waals surface area (Å²) >= 11 is 0. The number of rotatable bonds is 4. The summed E-state index contributed by atoms with van der Waals surface area (Å²) < 4.78 is 0. The van der Waals surface area contributed by atoms with Crippen LogP contribution < -0.4 is 4.84 Å². The smallest absolute Gasteiger partial charge is 0.161 e. The van der Waals surface area contributed by atoms with Gasteiger partial charge >= 0.3 is 0 Å². The van der Waals surface area contributed by atoms with Crippen molar-refractivity contribution in [3.8, 4) is 11.5 Å². The molecule has 4 nitrogen and oxygen atoms in total. The number of hydrogen-bond donors (Lipinski definition) is 2. The lowest BCUT2D eigenvalue weighted by molar-refractivity contribution is 0.319. The second-order valence-electron chi connectivity index (χ2n) is 3.65. The summed E-state index contributed by atoms with van der Waals surface area (Å²) in [5.41, 5.74) is 1.22. The third-order valence-electron chi connectivity index (χ3n) is 2.34. The van der Waals surface area contributed by atoms with Gasteiger partial charge in [0.05, 0.1) is 6.61 Å². The first-order valence-electron chi connectivity index (χ1n) is 5.49. The van der Waals surface area contributed by atoms with E-state index in [0.717, 1.165) is 5.56 Å². The average Bonchev–Trinajstić information content (AvgIpc) is 2.41. The SMILES string of the molecule is OC/C(=N\Oc1cccc(O)c1)c1ccccc1. The van der Waals surface area contributed by atoms with Crippen LogP contribution >= 0.6 is 0 Å². The fourth-order valence-electron chi connectivity index (χ4n) is 1.45. The van der Waals surface area contributed by atoms with Crippen LogP contribution in [0, 0.1) is 0 Å². The van der Waals surface area contributed by atoms with E-state index in [-0.39, 0.29) is 12.4 Å². The standard InChI is InChI=1S/C14H13NO3/c16-10-14(11-5-2-1-3-6-11)15-18-13-8-4-7-12(17)9-13/h1-9,16-17H,10H2/b15-14+. The molecule has 0 aliphatic rings. The fourth-order valence-corrected chi connectivity index (χ4v) is 1.45. The normalized spacial score (nSPS) is 11.3. The molecule has 0 aliphatic heterocycles. The molecule has 0 unspecified atom stereocenters. The van der Waals surface area contributed by atoms with Crippen LogP contribution in [0.25, 0.3) is 0 Å². The maximum Gasteiger partial charge on any atom is 0.161 e. The predicted molar refractivity (Wildman–Crippen MR) is 68.8 cm³/mol. The molecule has 0 fully saturated rings. The van der Waals surface area contributed by atoms with Crippen molar-refractivity contribution in [1.29, 1.82) is 0 Å². The molecule has 0 saturated carbocycles. The second kappa shape index (κ2) is 5.84. The van der Waals surface area contributed by atoms with Crippen molar-refractivity contribution < 1.29 is 15.1 Å². The quantitative estimate of drug-likeness (QED) is 0.639. The van der Waals surface area contributed by atoms with Gasteiger partial charge in [-0.1, -0.05) is 41.6 Å². The van der Waals surface area contributed by atoms with Crippen LogP contribution in [-0.2, 0) is 0 Å². The van der Waals surface area contributed by atoms with Crippen LogP contribution in [0.3, 0.4) is 0 Å². The lowest BCUT2D eigenvalue weighted by Crippen LogP contribution is -2.08. The minimum atomic E-state index is -0.219. The van der Waals surface area contributed by atoms with E-state index in [1.807, 2.05) is 30.3 Å². The number of phenols is 1. The number of aliphatic hydroxyl groups is 1. The number of oxime groups is 1. The molecule has 0 heterocycles. The van der Waals surface area contributed by atoms with Gasteiger partial charge in [-0.15, -0.1) is 0 Å². The molecule has 0 aromatic heterocycles. The summed E-state index contributed by atoms with van der Waals surface area (Å²) in [4.78, 5) is 5.16. The van der Waals surface area contributed by atoms with Gasteiger partial charge < -0.3 is 15.1 Å². The Bertz CT molecular complexity index is 538. The Morgan fingerprint density at radius 1 is 1.06 bits per heavy atom. The molecule has 0 atom stereocenters. The topological polar surface area (TPSA) is 62.1 Å². The van der Waals surface area contributed by atoms with Gasteiger partial charge in [0.1, 0.15) is 11.5 Å². The van der Waals surface area contributed by atoms with Crippen LogP contribution in [0.15, 0.2) is 59.8 Å². The van der Waals surface area contributed by atoms with E-state index in [1.165, 1.54) is 6.07 Å². The lowest BCUT2D eigenvalue weighted by atomic mass is 10.1. The van der Waals surface area contributed by atoms with Crippen LogP contribution in [0.1, 0.15) is 5.56 Å². The zero-order chi connectivity index (χ0) is 12.8. The Balaban J connectivity index is 2.16. The van der Waals surface area contributed by atoms with Gasteiger partial charge in [-0.2, -0.15) is 0 Å². The summed E-state index contributed by atoms with van der Waals surface area (Å²) in [5.74, 6) is 0.518. The molecule has 92 valence electrons. The fraction of sp³-hybridized carbons (Fsp3) is 0.0714. The van der Waals surface area contributed by atoms with Crippen molar-refractivity contribution in [2.45, 2.75) is 0 Å². The highest BCUT2D eigenvalue weighted by molar-refractivity contribution is 6.01. The first-order valence-corrected chi connectivity index (χ1v) is 5.49. The zero-order valence-electron chi connectivity index (χ0n) is 9.65. The number of aliphatic hydroxyl groups excluding tert-OH is 1. The van der Waals surface area contributed by atoms with Crippen molar-refractivity contribution in [2.75, 3.05) is 6.61 Å². The first kappa shape index (κ1) is 12.1. The Morgan fingerprint density at radius 3 is 2.50 bits per heavy atom. The van der Waals surface area contributed by atoms with E-state index in [1.54, 1.807) is 18.2 Å². The lowest BCUT2D eigenvalue weighted by Gasteiger charge is -2.04. The van der Waals surface area contributed by atoms with Crippen LogP contribution in [0.5, 0.6) is 11.5 Å². The third-order valence-corrected chi connectivity index (χ3v) is 2.34. The van der Waals surface area contributed by atoms with E-state index in [4.69, 9.17) is 4.84 Å². The number of phenolic OH excluding ortho intramolecular Hbond substituents is 1. The number of nitrogens with zero attached hydrogens (tertiary/aromatic N) is 1. The Morgan fingerprint density at radius 2 is 1.83 bits per heavy atom. The van der Waals surface area contributed by atoms with Crippen molar-refractivity contribution in [3.05, 3.63) is 60.2 Å². The van der Waals surface area contributed by atoms with Crippen molar-refractivity contribution in [3.63, 3.8) is 0 Å². The van der Waals surface area contributed by atoms with E-state index < -0.39 is 0 Å². The molecule has 2 rings (SSSR count). The van der Waals surface area contributed by atoms with Gasteiger partial charge in [0.2, 0.25) is 0 Å². The summed E-state index contributed by atoms with van der Waals surface area (Å²) in [6, 6.07) is 15.6. The number of benzene rings is 2. The highest BCUT2D eigenvalue weighted by atomic mass is 16.6. The van der Waals surface area contributed by atoms with E-state index >= 15 is 0 Å². The van der Waals surface area contributed by atoms with Gasteiger partial charge in [0.25, 0.3) is 0 Å². The highest BCUT2D eigenvalue weighted by Crippen LogP contribution is 2.18. The van der Waals surface area contributed by atoms with Crippen LogP contribution in [0.2, 0.25) is 0 Å². The monoisotopic (exact) mass is 243 g/mol. The minimum Gasteiger partial charge on any atom is -0.508 e. The first-order chi connectivity index (χ1) is 8.79. The Kier molecular flexibility index (Phi) is 3.94. The maximum atomic E-state index is 9.27. The molecule has 0 amide bonds. The molecule has 0 aliphatic carbocycles. The second-order valence-corrected chi connectivity index (χ2v) is 3.65. The molecular formula is C14H13NO3. The van der Waals surface area contributed by atoms with Gasteiger partial charge in [0.15, 0.2) is 5.75 Å². The molecule has 0 spiro atoms. The largest absolute Gasteiger partial charge is 0.508 e. The summed E-state index contributed by atoms with van der Waals surface area (Å²) in [6.45, 7) is -0.219. The van der Waals surface area contributed by atoms with Crippen molar-refractivity contribution in [2.24, 2.45) is 5.16 Å². The molecule has 0 bridgehead atoms. The van der Waals surface area contributed by atoms with Gasteiger partial charge in [-0.3, -0.25) is 0 Å². The van der Waals surface area contributed by atoms with Gasteiger partial charge in [0, 0.05) is 11.6 Å². The molecule has 2 aromatic carbocycles. The summed E-state index contributed by atoms with van der Waals surface area (Å²) in [5, 5.41) is 22.4. The number of aromatic hydroxyl groups is 1. The maximum absolute atomic E-state index is 9.27. The average molecular weight is 243 g/mol.